The molecule has 3 fully saturated rings. The van der Waals surface area contributed by atoms with E-state index in [0.29, 0.717) is 11.6 Å². The van der Waals surface area contributed by atoms with Gasteiger partial charge in [-0.05, 0) is 44.0 Å². The molecule has 2 atom stereocenters. The number of fused-ring (bicyclic) bond motifs is 3. The van der Waals surface area contributed by atoms with Crippen molar-refractivity contribution in [2.24, 2.45) is 10.9 Å². The maximum absolute atomic E-state index is 11.9. The van der Waals surface area contributed by atoms with Crippen molar-refractivity contribution < 1.29 is 4.79 Å². The standard InChI is InChI=1S/C17H22N6O/c24-17-11-2-1-3-12-15(11)16(21-22-17)20-14(19-12)8-18-13-9-23-6-4-10(13)5-7-23/h1-3,10,13,16,18,21H,4-9H2,(H,19,20)(H,22,24). The van der Waals surface area contributed by atoms with Gasteiger partial charge in [0.05, 0.1) is 12.2 Å². The Morgan fingerprint density at radius 2 is 2.17 bits per heavy atom. The predicted octanol–water partition coefficient (Wildman–Crippen LogP) is 0.250. The zero-order valence-electron chi connectivity index (χ0n) is 13.5. The highest BCUT2D eigenvalue weighted by molar-refractivity contribution is 6.00. The van der Waals surface area contributed by atoms with Gasteiger partial charge in [0.15, 0.2) is 0 Å². The number of aliphatic imine (C=N–C) groups is 1. The Labute approximate surface area is 140 Å². The molecule has 24 heavy (non-hydrogen) atoms. The smallest absolute Gasteiger partial charge is 0.265 e. The van der Waals surface area contributed by atoms with Crippen LogP contribution >= 0.6 is 0 Å². The summed E-state index contributed by atoms with van der Waals surface area (Å²) in [5.41, 5.74) is 8.26. The fourth-order valence-electron chi connectivity index (χ4n) is 4.40. The average Bonchev–Trinajstić information content (AvgIpc) is 2.64. The van der Waals surface area contributed by atoms with Gasteiger partial charge in [-0.2, -0.15) is 0 Å². The number of hydrogen-bond acceptors (Lipinski definition) is 6. The molecule has 0 aromatic heterocycles. The number of carbonyl (C=O) groups excluding carboxylic acids is 1. The van der Waals surface area contributed by atoms with Crippen molar-refractivity contribution in [2.45, 2.75) is 25.0 Å². The van der Waals surface area contributed by atoms with Crippen LogP contribution in [0, 0.1) is 5.92 Å². The second-order valence-corrected chi connectivity index (χ2v) is 7.10. The van der Waals surface area contributed by atoms with Gasteiger partial charge in [-0.3, -0.25) is 10.2 Å². The number of rotatable bonds is 3. The minimum atomic E-state index is -0.116. The molecule has 0 aliphatic carbocycles. The van der Waals surface area contributed by atoms with Gasteiger partial charge in [0.25, 0.3) is 5.91 Å². The molecule has 1 amide bonds. The van der Waals surface area contributed by atoms with E-state index in [9.17, 15) is 4.79 Å². The van der Waals surface area contributed by atoms with E-state index in [0.717, 1.165) is 36.1 Å². The average molecular weight is 326 g/mol. The number of carbonyl (C=O) groups is 1. The third-order valence-electron chi connectivity index (χ3n) is 5.70. The van der Waals surface area contributed by atoms with Crippen LogP contribution < -0.4 is 21.5 Å². The summed E-state index contributed by atoms with van der Waals surface area (Å²) in [6.45, 7) is 4.38. The molecule has 6 rings (SSSR count). The molecule has 2 bridgehead atoms. The first-order valence-corrected chi connectivity index (χ1v) is 8.76. The lowest BCUT2D eigenvalue weighted by Crippen LogP contribution is -2.58. The number of amides is 1. The minimum Gasteiger partial charge on any atom is -0.352 e. The monoisotopic (exact) mass is 326 g/mol. The van der Waals surface area contributed by atoms with Crippen LogP contribution in [0.1, 0.15) is 34.9 Å². The van der Waals surface area contributed by atoms with E-state index in [2.05, 4.69) is 26.4 Å². The molecule has 7 nitrogen and oxygen atoms in total. The first-order valence-electron chi connectivity index (χ1n) is 8.76. The van der Waals surface area contributed by atoms with Crippen LogP contribution in [0.15, 0.2) is 23.2 Å². The molecule has 2 unspecified atom stereocenters. The van der Waals surface area contributed by atoms with Crippen molar-refractivity contribution in [3.63, 3.8) is 0 Å². The highest BCUT2D eigenvalue weighted by atomic mass is 16.2. The third-order valence-corrected chi connectivity index (χ3v) is 5.70. The van der Waals surface area contributed by atoms with Crippen LogP contribution in [-0.2, 0) is 0 Å². The number of nitrogens with one attached hydrogen (secondary N) is 4. The van der Waals surface area contributed by atoms with Gasteiger partial charge in [0.1, 0.15) is 12.0 Å². The van der Waals surface area contributed by atoms with Crippen LogP contribution in [0.3, 0.4) is 0 Å². The molecule has 5 aliphatic rings. The number of hydrogen-bond donors (Lipinski definition) is 4. The number of benzene rings is 1. The van der Waals surface area contributed by atoms with Crippen LogP contribution in [0.2, 0.25) is 0 Å². The quantitative estimate of drug-likeness (QED) is 0.640. The van der Waals surface area contributed by atoms with Gasteiger partial charge in [-0.25, -0.2) is 10.4 Å². The molecule has 1 aromatic carbocycles. The minimum absolute atomic E-state index is 0.103. The Morgan fingerprint density at radius 3 is 2.96 bits per heavy atom. The lowest BCUT2D eigenvalue weighted by Gasteiger charge is -2.45. The molecule has 4 N–H and O–H groups in total. The Bertz CT molecular complexity index is 709. The maximum Gasteiger partial charge on any atom is 0.265 e. The zero-order chi connectivity index (χ0) is 16.1. The summed E-state index contributed by atoms with van der Waals surface area (Å²) in [7, 11) is 0. The van der Waals surface area contributed by atoms with E-state index in [1.54, 1.807) is 0 Å². The summed E-state index contributed by atoms with van der Waals surface area (Å²) in [6.07, 6.45) is 2.50. The second kappa shape index (κ2) is 5.54. The SMILES string of the molecule is O=C1NNC2NC(CNC3CN4CCC3CC4)=Nc3cccc1c32. The van der Waals surface area contributed by atoms with Gasteiger partial charge in [0, 0.05) is 23.7 Å². The highest BCUT2D eigenvalue weighted by Crippen LogP contribution is 2.33. The van der Waals surface area contributed by atoms with Crippen LogP contribution in [-0.4, -0.2) is 48.9 Å². The van der Waals surface area contributed by atoms with E-state index in [4.69, 9.17) is 4.99 Å². The van der Waals surface area contributed by atoms with Crippen molar-refractivity contribution in [3.05, 3.63) is 29.3 Å². The van der Waals surface area contributed by atoms with Gasteiger partial charge >= 0.3 is 0 Å². The van der Waals surface area contributed by atoms with Crippen LogP contribution in [0.5, 0.6) is 0 Å². The number of hydrazine groups is 1. The second-order valence-electron chi connectivity index (χ2n) is 7.10. The van der Waals surface area contributed by atoms with Crippen molar-refractivity contribution in [3.8, 4) is 0 Å². The van der Waals surface area contributed by atoms with E-state index >= 15 is 0 Å². The maximum atomic E-state index is 11.9. The molecular weight excluding hydrogens is 304 g/mol. The molecular formula is C17H22N6O. The van der Waals surface area contributed by atoms with E-state index in [1.807, 2.05) is 18.2 Å². The normalized spacial score (nSPS) is 33.3. The molecule has 5 aliphatic heterocycles. The van der Waals surface area contributed by atoms with Crippen molar-refractivity contribution >= 4 is 17.4 Å². The zero-order valence-corrected chi connectivity index (χ0v) is 13.5. The van der Waals surface area contributed by atoms with Gasteiger partial charge in [0.2, 0.25) is 0 Å². The highest BCUT2D eigenvalue weighted by Gasteiger charge is 2.35. The topological polar surface area (TPSA) is 80.8 Å². The third kappa shape index (κ3) is 2.31. The predicted molar refractivity (Wildman–Crippen MR) is 91.0 cm³/mol. The van der Waals surface area contributed by atoms with Crippen LogP contribution in [0.25, 0.3) is 0 Å². The van der Waals surface area contributed by atoms with E-state index in [-0.39, 0.29) is 12.1 Å². The molecule has 0 radical (unpaired) electrons. The van der Waals surface area contributed by atoms with E-state index in [1.165, 1.54) is 25.9 Å². The summed E-state index contributed by atoms with van der Waals surface area (Å²) in [5, 5.41) is 7.09. The van der Waals surface area contributed by atoms with Crippen molar-refractivity contribution in [1.82, 2.24) is 26.4 Å². The largest absolute Gasteiger partial charge is 0.352 e. The summed E-state index contributed by atoms with van der Waals surface area (Å²) in [5.74, 6) is 1.61. The molecule has 7 heteroatoms. The summed E-state index contributed by atoms with van der Waals surface area (Å²) < 4.78 is 0. The Hall–Kier alpha value is -1.96. The molecule has 0 spiro atoms. The lowest BCUT2D eigenvalue weighted by atomic mass is 9.84. The summed E-state index contributed by atoms with van der Waals surface area (Å²) in [4.78, 5) is 19.2. The molecule has 3 saturated heterocycles. The van der Waals surface area contributed by atoms with E-state index < -0.39 is 0 Å². The Morgan fingerprint density at radius 1 is 1.29 bits per heavy atom. The molecule has 126 valence electrons. The van der Waals surface area contributed by atoms with Gasteiger partial charge in [-0.1, -0.05) is 6.07 Å². The van der Waals surface area contributed by atoms with Crippen molar-refractivity contribution in [1.29, 1.82) is 0 Å². The first kappa shape index (κ1) is 14.4. The molecule has 0 saturated carbocycles. The van der Waals surface area contributed by atoms with Gasteiger partial charge < -0.3 is 15.5 Å². The first-order chi connectivity index (χ1) is 11.8. The lowest BCUT2D eigenvalue weighted by molar-refractivity contribution is 0.0748. The fraction of sp³-hybridized carbons (Fsp3) is 0.529. The molecule has 1 aromatic rings. The Kier molecular flexibility index (Phi) is 3.32. The van der Waals surface area contributed by atoms with Crippen molar-refractivity contribution in [2.75, 3.05) is 26.2 Å². The molecule has 5 heterocycles. The number of amidine groups is 1. The fourth-order valence-corrected chi connectivity index (χ4v) is 4.40. The summed E-state index contributed by atoms with van der Waals surface area (Å²) in [6, 6.07) is 6.27. The van der Waals surface area contributed by atoms with Crippen LogP contribution in [0.4, 0.5) is 5.69 Å². The summed E-state index contributed by atoms with van der Waals surface area (Å²) >= 11 is 0. The number of nitrogens with zero attached hydrogens (tertiary/aromatic N) is 2. The van der Waals surface area contributed by atoms with Gasteiger partial charge in [-0.15, -0.1) is 0 Å². The Balaban J connectivity index is 1.34. The number of piperidine rings is 3.